The van der Waals surface area contributed by atoms with Crippen LogP contribution in [0, 0.1) is 0 Å². The van der Waals surface area contributed by atoms with Gasteiger partial charge in [-0.1, -0.05) is 11.3 Å². The molecule has 0 aliphatic carbocycles. The number of nitrogens with one attached hydrogen (secondary N) is 1. The minimum absolute atomic E-state index is 0.0724. The maximum Gasteiger partial charge on any atom is 0.281 e. The number of hydrogen-bond acceptors (Lipinski definition) is 8. The molecule has 4 heterocycles. The van der Waals surface area contributed by atoms with E-state index < -0.39 is 41.0 Å². The van der Waals surface area contributed by atoms with Crippen molar-refractivity contribution in [2.24, 2.45) is 0 Å². The molecule has 0 spiro atoms. The van der Waals surface area contributed by atoms with E-state index in [9.17, 15) is 26.0 Å². The van der Waals surface area contributed by atoms with E-state index in [4.69, 9.17) is 4.74 Å². The average molecular weight is 557 g/mol. The third-order valence-corrected chi connectivity index (χ3v) is 7.51. The van der Waals surface area contributed by atoms with Gasteiger partial charge in [-0.3, -0.25) is 0 Å². The summed E-state index contributed by atoms with van der Waals surface area (Å²) in [5, 5.41) is 14.7. The van der Waals surface area contributed by atoms with Gasteiger partial charge in [0.2, 0.25) is 21.9 Å². The molecule has 0 bridgehead atoms. The molecule has 0 radical (unpaired) electrons. The molecule has 1 aliphatic rings. The van der Waals surface area contributed by atoms with Crippen LogP contribution in [0.3, 0.4) is 0 Å². The second-order valence-corrected chi connectivity index (χ2v) is 11.3. The van der Waals surface area contributed by atoms with Gasteiger partial charge in [-0.25, -0.2) is 35.2 Å². The molecule has 16 heteroatoms. The van der Waals surface area contributed by atoms with E-state index in [1.807, 2.05) is 0 Å². The number of aromatic nitrogens is 6. The van der Waals surface area contributed by atoms with Crippen molar-refractivity contribution in [1.29, 1.82) is 0 Å². The number of benzene rings is 1. The van der Waals surface area contributed by atoms with Gasteiger partial charge in [-0.15, -0.1) is 10.2 Å². The molecule has 1 unspecified atom stereocenters. The summed E-state index contributed by atoms with van der Waals surface area (Å²) < 4.78 is 88.9. The minimum atomic E-state index is -3.75. The van der Waals surface area contributed by atoms with Crippen LogP contribution >= 0.6 is 0 Å². The number of alkyl halides is 4. The first kappa shape index (κ1) is 26.1. The Morgan fingerprint density at radius 1 is 1.26 bits per heavy atom. The van der Waals surface area contributed by atoms with Crippen molar-refractivity contribution in [3.8, 4) is 17.0 Å². The zero-order valence-electron chi connectivity index (χ0n) is 20.6. The second-order valence-electron chi connectivity index (χ2n) is 9.33. The maximum absolute atomic E-state index is 14.8. The highest BCUT2D eigenvalue weighted by Crippen LogP contribution is 2.35. The van der Waals surface area contributed by atoms with Crippen LogP contribution in [0.15, 0.2) is 30.5 Å². The highest BCUT2D eigenvalue weighted by atomic mass is 32.2. The average Bonchev–Trinajstić information content (AvgIpc) is 3.42. The number of piperidine rings is 1. The number of ether oxygens (including phenoxy) is 1. The molecule has 204 valence electrons. The molecule has 1 N–H and O–H groups in total. The molecule has 1 aromatic carbocycles. The van der Waals surface area contributed by atoms with Crippen LogP contribution in [0.25, 0.3) is 27.7 Å². The van der Waals surface area contributed by atoms with Crippen LogP contribution in [-0.4, -0.2) is 86.7 Å². The number of halogens is 4. The zero-order chi connectivity index (χ0) is 27.5. The van der Waals surface area contributed by atoms with Crippen LogP contribution in [0.4, 0.5) is 23.5 Å². The number of methoxy groups -OCH3 is 1. The van der Waals surface area contributed by atoms with Gasteiger partial charge < -0.3 is 10.1 Å². The molecule has 1 aliphatic heterocycles. The second kappa shape index (κ2) is 9.04. The van der Waals surface area contributed by atoms with Gasteiger partial charge in [-0.2, -0.15) is 9.29 Å². The normalized spacial score (nSPS) is 18.8. The third-order valence-electron chi connectivity index (χ3n) is 6.26. The number of anilines is 1. The van der Waals surface area contributed by atoms with E-state index in [0.29, 0.717) is 27.7 Å². The zero-order valence-corrected chi connectivity index (χ0v) is 21.4. The molecular formula is C22H24F4N8O3S. The SMILES string of the molecule is COc1nc(NC2CCN(S(C)(=O)=O)CC2(F)F)nn2ccc(-c3ccc4nnn(CC(C)(F)F)c4c3)c12. The first-order valence-electron chi connectivity index (χ1n) is 11.5. The summed E-state index contributed by atoms with van der Waals surface area (Å²) in [6.07, 6.45) is 2.33. The van der Waals surface area contributed by atoms with Crippen LogP contribution in [0.2, 0.25) is 0 Å². The van der Waals surface area contributed by atoms with Gasteiger partial charge in [0.25, 0.3) is 11.8 Å². The van der Waals surface area contributed by atoms with Gasteiger partial charge in [0.05, 0.1) is 31.5 Å². The summed E-state index contributed by atoms with van der Waals surface area (Å²) in [4.78, 5) is 4.26. The predicted molar refractivity (Wildman–Crippen MR) is 130 cm³/mol. The van der Waals surface area contributed by atoms with Gasteiger partial charge in [0, 0.05) is 25.2 Å². The Morgan fingerprint density at radius 3 is 2.68 bits per heavy atom. The molecule has 0 amide bonds. The Morgan fingerprint density at radius 2 is 2.03 bits per heavy atom. The summed E-state index contributed by atoms with van der Waals surface area (Å²) in [6.45, 7) is -0.867. The molecule has 1 fully saturated rings. The molecule has 1 saturated heterocycles. The van der Waals surface area contributed by atoms with E-state index in [2.05, 4.69) is 25.7 Å². The number of fused-ring (bicyclic) bond motifs is 2. The quantitative estimate of drug-likeness (QED) is 0.345. The largest absolute Gasteiger partial charge is 0.479 e. The fourth-order valence-corrected chi connectivity index (χ4v) is 5.31. The molecule has 1 atom stereocenters. The number of rotatable bonds is 7. The van der Waals surface area contributed by atoms with Gasteiger partial charge in [0.1, 0.15) is 17.6 Å². The maximum atomic E-state index is 14.8. The minimum Gasteiger partial charge on any atom is -0.479 e. The Labute approximate surface area is 214 Å². The van der Waals surface area contributed by atoms with Crippen LogP contribution < -0.4 is 10.1 Å². The molecule has 5 rings (SSSR count). The molecule has 11 nitrogen and oxygen atoms in total. The lowest BCUT2D eigenvalue weighted by molar-refractivity contribution is -0.0541. The van der Waals surface area contributed by atoms with Crippen LogP contribution in [0.1, 0.15) is 13.3 Å². The van der Waals surface area contributed by atoms with Gasteiger partial charge in [0.15, 0.2) is 0 Å². The Balaban J connectivity index is 1.48. The lowest BCUT2D eigenvalue weighted by Gasteiger charge is -2.37. The van der Waals surface area contributed by atoms with Crippen LogP contribution in [0.5, 0.6) is 5.88 Å². The van der Waals surface area contributed by atoms with E-state index in [-0.39, 0.29) is 24.8 Å². The highest BCUT2D eigenvalue weighted by Gasteiger charge is 2.47. The van der Waals surface area contributed by atoms with E-state index in [1.165, 1.54) is 11.6 Å². The van der Waals surface area contributed by atoms with Crippen molar-refractivity contribution < 1.29 is 30.7 Å². The van der Waals surface area contributed by atoms with Crippen molar-refractivity contribution in [3.63, 3.8) is 0 Å². The van der Waals surface area contributed by atoms with Crippen LogP contribution in [-0.2, 0) is 16.6 Å². The molecule has 38 heavy (non-hydrogen) atoms. The van der Waals surface area contributed by atoms with Crippen molar-refractivity contribution in [2.75, 3.05) is 31.8 Å². The summed E-state index contributed by atoms with van der Waals surface area (Å²) in [6, 6.07) is 5.36. The summed E-state index contributed by atoms with van der Waals surface area (Å²) in [5.41, 5.74) is 2.52. The summed E-state index contributed by atoms with van der Waals surface area (Å²) >= 11 is 0. The van der Waals surface area contributed by atoms with Crippen molar-refractivity contribution >= 4 is 32.5 Å². The molecular weight excluding hydrogens is 532 g/mol. The monoisotopic (exact) mass is 556 g/mol. The lowest BCUT2D eigenvalue weighted by atomic mass is 10.0. The highest BCUT2D eigenvalue weighted by molar-refractivity contribution is 7.88. The van der Waals surface area contributed by atoms with Gasteiger partial charge >= 0.3 is 0 Å². The van der Waals surface area contributed by atoms with E-state index >= 15 is 0 Å². The fraction of sp³-hybridized carbons (Fsp3) is 0.455. The Hall–Kier alpha value is -3.53. The third kappa shape index (κ3) is 4.97. The topological polar surface area (TPSA) is 120 Å². The predicted octanol–water partition coefficient (Wildman–Crippen LogP) is 2.89. The molecule has 3 aromatic heterocycles. The fourth-order valence-electron chi connectivity index (χ4n) is 4.47. The summed E-state index contributed by atoms with van der Waals surface area (Å²) in [5.74, 6) is -6.39. The van der Waals surface area contributed by atoms with Crippen molar-refractivity contribution in [3.05, 3.63) is 30.5 Å². The van der Waals surface area contributed by atoms with E-state index in [1.54, 1.807) is 30.5 Å². The molecule has 0 saturated carbocycles. The van der Waals surface area contributed by atoms with Gasteiger partial charge in [-0.05, 0) is 30.2 Å². The Bertz CT molecular complexity index is 1620. The standard InChI is InChI=1S/C22H24F4N8O3S/c1-21(23,24)11-34-16-10-13(4-5-15(16)29-31-34)14-6-9-33-18(14)19(37-2)28-20(30-33)27-17-7-8-32(38(3,35)36)12-22(17,25)26/h4-6,9-10,17H,7-8,11-12H2,1-3H3,(H,27,30). The van der Waals surface area contributed by atoms with Crippen molar-refractivity contribution in [2.45, 2.75) is 37.8 Å². The number of hydrogen-bond donors (Lipinski definition) is 1. The van der Waals surface area contributed by atoms with Crippen molar-refractivity contribution in [1.82, 2.24) is 33.9 Å². The number of nitrogens with zero attached hydrogens (tertiary/aromatic N) is 7. The first-order valence-corrected chi connectivity index (χ1v) is 13.3. The Kier molecular flexibility index (Phi) is 6.21. The first-order chi connectivity index (χ1) is 17.7. The van der Waals surface area contributed by atoms with E-state index in [0.717, 1.165) is 22.2 Å². The summed E-state index contributed by atoms with van der Waals surface area (Å²) in [7, 11) is -2.39. The lowest BCUT2D eigenvalue weighted by Crippen LogP contribution is -2.55. The number of sulfonamides is 1. The molecule has 4 aromatic rings. The smallest absolute Gasteiger partial charge is 0.281 e.